The molecule has 0 heterocycles. The van der Waals surface area contributed by atoms with Gasteiger partial charge in [-0.2, -0.15) is 0 Å². The highest BCUT2D eigenvalue weighted by atomic mass is 16.5. The number of methoxy groups -OCH3 is 3. The molecule has 0 aromatic heterocycles. The van der Waals surface area contributed by atoms with Crippen LogP contribution in [0.1, 0.15) is 6.42 Å². The lowest BCUT2D eigenvalue weighted by molar-refractivity contribution is -0.137. The van der Waals surface area contributed by atoms with Crippen LogP contribution in [0.15, 0.2) is 35.5 Å². The maximum Gasteiger partial charge on any atom is 0.304 e. The van der Waals surface area contributed by atoms with Gasteiger partial charge in [0, 0.05) is 5.92 Å². The largest absolute Gasteiger partial charge is 0.493 e. The fraction of sp³-hybridized carbons (Fsp3) is 0.417. The van der Waals surface area contributed by atoms with Gasteiger partial charge in [-0.25, -0.2) is 0 Å². The Balaban J connectivity index is 3.13. The van der Waals surface area contributed by atoms with E-state index in [0.717, 1.165) is 0 Å². The Bertz CT molecular complexity index is 392. The Morgan fingerprint density at radius 1 is 1.29 bits per heavy atom. The lowest BCUT2D eigenvalue weighted by atomic mass is 9.90. The van der Waals surface area contributed by atoms with Crippen molar-refractivity contribution in [1.29, 1.82) is 0 Å². The van der Waals surface area contributed by atoms with Gasteiger partial charge in [0.1, 0.15) is 0 Å². The molecule has 0 aromatic rings. The van der Waals surface area contributed by atoms with Crippen LogP contribution in [0, 0.1) is 5.92 Å². The van der Waals surface area contributed by atoms with Gasteiger partial charge in [-0.05, 0) is 11.6 Å². The minimum absolute atomic E-state index is 0.0600. The fourth-order valence-corrected chi connectivity index (χ4v) is 1.73. The third kappa shape index (κ3) is 2.61. The molecule has 0 bridgehead atoms. The van der Waals surface area contributed by atoms with E-state index in [1.807, 2.05) is 0 Å². The van der Waals surface area contributed by atoms with Gasteiger partial charge in [0.15, 0.2) is 11.5 Å². The fourth-order valence-electron chi connectivity index (χ4n) is 1.73. The summed E-state index contributed by atoms with van der Waals surface area (Å²) in [7, 11) is 4.46. The first-order valence-electron chi connectivity index (χ1n) is 5.04. The Hall–Kier alpha value is -1.91. The maximum atomic E-state index is 10.8. The molecule has 1 unspecified atom stereocenters. The zero-order valence-electron chi connectivity index (χ0n) is 10.1. The second kappa shape index (κ2) is 5.43. The highest BCUT2D eigenvalue weighted by Crippen LogP contribution is 2.35. The van der Waals surface area contributed by atoms with Crippen molar-refractivity contribution in [2.75, 3.05) is 21.3 Å². The van der Waals surface area contributed by atoms with Crippen molar-refractivity contribution < 1.29 is 24.1 Å². The van der Waals surface area contributed by atoms with Crippen molar-refractivity contribution in [3.05, 3.63) is 35.5 Å². The van der Waals surface area contributed by atoms with E-state index in [-0.39, 0.29) is 12.3 Å². The second-order valence-electron chi connectivity index (χ2n) is 3.53. The van der Waals surface area contributed by atoms with Gasteiger partial charge in [-0.15, -0.1) is 0 Å². The second-order valence-corrected chi connectivity index (χ2v) is 3.53. The van der Waals surface area contributed by atoms with Crippen LogP contribution >= 0.6 is 0 Å². The van der Waals surface area contributed by atoms with Crippen LogP contribution in [0.4, 0.5) is 0 Å². The van der Waals surface area contributed by atoms with Crippen LogP contribution < -0.4 is 0 Å². The molecule has 1 aliphatic carbocycles. The SMILES string of the molecule is C=C1C(OC)=C(OC)C(OC)=CC1CC(=O)O. The molecule has 1 N–H and O–H groups in total. The van der Waals surface area contributed by atoms with Gasteiger partial charge in [0.2, 0.25) is 5.76 Å². The molecule has 1 rings (SSSR count). The molecule has 1 aliphatic rings. The molecule has 5 heteroatoms. The summed E-state index contributed by atoms with van der Waals surface area (Å²) in [6.07, 6.45) is 1.62. The van der Waals surface area contributed by atoms with Crippen molar-refractivity contribution in [1.82, 2.24) is 0 Å². The van der Waals surface area contributed by atoms with Crippen molar-refractivity contribution in [2.24, 2.45) is 5.92 Å². The first-order chi connectivity index (χ1) is 8.04. The van der Waals surface area contributed by atoms with Crippen LogP contribution in [0.3, 0.4) is 0 Å². The summed E-state index contributed by atoms with van der Waals surface area (Å²) in [6.45, 7) is 3.84. The molecule has 0 amide bonds. The summed E-state index contributed by atoms with van der Waals surface area (Å²) in [5.41, 5.74) is 0.576. The normalized spacial score (nSPS) is 19.8. The molecule has 0 spiro atoms. The molecule has 0 saturated heterocycles. The number of carbonyl (C=O) groups is 1. The smallest absolute Gasteiger partial charge is 0.304 e. The highest BCUT2D eigenvalue weighted by Gasteiger charge is 2.29. The van der Waals surface area contributed by atoms with Crippen molar-refractivity contribution >= 4 is 5.97 Å². The topological polar surface area (TPSA) is 65.0 Å². The average molecular weight is 240 g/mol. The van der Waals surface area contributed by atoms with Crippen LogP contribution in [-0.4, -0.2) is 32.4 Å². The highest BCUT2D eigenvalue weighted by molar-refractivity contribution is 5.68. The molecule has 17 heavy (non-hydrogen) atoms. The van der Waals surface area contributed by atoms with Crippen molar-refractivity contribution in [2.45, 2.75) is 6.42 Å². The van der Waals surface area contributed by atoms with Crippen LogP contribution in [0.2, 0.25) is 0 Å². The van der Waals surface area contributed by atoms with Gasteiger partial charge in [-0.3, -0.25) is 4.79 Å². The zero-order chi connectivity index (χ0) is 13.0. The number of hydrogen-bond donors (Lipinski definition) is 1. The Kier molecular flexibility index (Phi) is 4.20. The molecule has 1 atom stereocenters. The molecule has 94 valence electrons. The number of aliphatic carboxylic acids is 1. The van der Waals surface area contributed by atoms with Gasteiger partial charge >= 0.3 is 5.97 Å². The summed E-state index contributed by atoms with van der Waals surface area (Å²) >= 11 is 0. The maximum absolute atomic E-state index is 10.8. The van der Waals surface area contributed by atoms with E-state index in [9.17, 15) is 4.79 Å². The lowest BCUT2D eigenvalue weighted by Crippen LogP contribution is -2.18. The quantitative estimate of drug-likeness (QED) is 0.792. The van der Waals surface area contributed by atoms with Crippen LogP contribution in [0.25, 0.3) is 0 Å². The minimum Gasteiger partial charge on any atom is -0.493 e. The summed E-state index contributed by atoms with van der Waals surface area (Å²) in [6, 6.07) is 0. The van der Waals surface area contributed by atoms with E-state index in [1.54, 1.807) is 6.08 Å². The Morgan fingerprint density at radius 2 is 1.88 bits per heavy atom. The van der Waals surface area contributed by atoms with Gasteiger partial charge < -0.3 is 19.3 Å². The number of rotatable bonds is 5. The van der Waals surface area contributed by atoms with E-state index >= 15 is 0 Å². The Morgan fingerprint density at radius 3 is 2.29 bits per heavy atom. The molecule has 0 aromatic carbocycles. The number of ether oxygens (including phenoxy) is 3. The lowest BCUT2D eigenvalue weighted by Gasteiger charge is -2.25. The van der Waals surface area contributed by atoms with Crippen molar-refractivity contribution in [3.63, 3.8) is 0 Å². The summed E-state index contributed by atoms with van der Waals surface area (Å²) in [5.74, 6) is 0.0678. The minimum atomic E-state index is -0.904. The van der Waals surface area contributed by atoms with Gasteiger partial charge in [-0.1, -0.05) is 6.58 Å². The third-order valence-corrected chi connectivity index (χ3v) is 2.54. The molecule has 0 fully saturated rings. The van der Waals surface area contributed by atoms with E-state index in [2.05, 4.69) is 6.58 Å². The average Bonchev–Trinajstić information content (AvgIpc) is 2.30. The summed E-state index contributed by atoms with van der Waals surface area (Å²) < 4.78 is 15.5. The third-order valence-electron chi connectivity index (χ3n) is 2.54. The van der Waals surface area contributed by atoms with E-state index in [4.69, 9.17) is 19.3 Å². The summed E-state index contributed by atoms with van der Waals surface area (Å²) in [4.78, 5) is 10.8. The van der Waals surface area contributed by atoms with Crippen LogP contribution in [-0.2, 0) is 19.0 Å². The molecule has 0 saturated carbocycles. The monoisotopic (exact) mass is 240 g/mol. The number of hydrogen-bond acceptors (Lipinski definition) is 4. The van der Waals surface area contributed by atoms with Gasteiger partial charge in [0.05, 0.1) is 27.8 Å². The first-order valence-corrected chi connectivity index (χ1v) is 5.04. The molecular formula is C12H16O5. The number of carboxylic acids is 1. The van der Waals surface area contributed by atoms with E-state index in [0.29, 0.717) is 22.9 Å². The summed E-state index contributed by atoms with van der Waals surface area (Å²) in [5, 5.41) is 8.83. The molecular weight excluding hydrogens is 224 g/mol. The molecule has 0 aliphatic heterocycles. The number of carboxylic acid groups (broad SMARTS) is 1. The predicted octanol–water partition coefficient (Wildman–Crippen LogP) is 1.68. The Labute approximate surface area is 100.0 Å². The molecule has 0 radical (unpaired) electrons. The zero-order valence-corrected chi connectivity index (χ0v) is 10.1. The van der Waals surface area contributed by atoms with Crippen molar-refractivity contribution in [3.8, 4) is 0 Å². The van der Waals surface area contributed by atoms with E-state index in [1.165, 1.54) is 21.3 Å². The number of allylic oxidation sites excluding steroid dienone is 2. The predicted molar refractivity (Wildman–Crippen MR) is 61.0 cm³/mol. The van der Waals surface area contributed by atoms with Crippen LogP contribution in [0.5, 0.6) is 0 Å². The van der Waals surface area contributed by atoms with E-state index < -0.39 is 5.97 Å². The first kappa shape index (κ1) is 13.2. The van der Waals surface area contributed by atoms with Gasteiger partial charge in [0.25, 0.3) is 0 Å². The standard InChI is InChI=1S/C12H16O5/c1-7-8(6-10(13)14)5-9(15-2)12(17-4)11(7)16-3/h5,8H,1,6H2,2-4H3,(H,13,14). The molecule has 5 nitrogen and oxygen atoms in total.